The number of carbonyl (C=O) groups is 2. The molecule has 0 N–H and O–H groups in total. The molecule has 0 spiro atoms. The third-order valence-electron chi connectivity index (χ3n) is 6.81. The molecule has 4 heteroatoms. The molecule has 0 bridgehead atoms. The maximum absolute atomic E-state index is 13.0. The summed E-state index contributed by atoms with van der Waals surface area (Å²) in [6, 6.07) is 0. The predicted octanol–water partition coefficient (Wildman–Crippen LogP) is 5.54. The minimum absolute atomic E-state index is 0. The second kappa shape index (κ2) is 6.58. The average molecular weight is 392 g/mol. The second-order valence-electron chi connectivity index (χ2n) is 7.94. The van der Waals surface area contributed by atoms with E-state index >= 15 is 0 Å². The van der Waals surface area contributed by atoms with Gasteiger partial charge in [-0.05, 0) is 99.9 Å². The monoisotopic (exact) mass is 392 g/mol. The minimum Gasteiger partial charge on any atom is -0.422 e. The molecule has 2 aromatic rings. The zero-order valence-electron chi connectivity index (χ0n) is 17.6. The van der Waals surface area contributed by atoms with Crippen molar-refractivity contribution in [2.75, 3.05) is 0 Å². The van der Waals surface area contributed by atoms with Crippen LogP contribution in [0.4, 0.5) is 0 Å². The fraction of sp³-hybridized carbons (Fsp3) is 0.360. The quantitative estimate of drug-likeness (QED) is 0.336. The highest BCUT2D eigenvalue weighted by molar-refractivity contribution is 6.42. The predicted molar refractivity (Wildman–Crippen MR) is 116 cm³/mol. The van der Waals surface area contributed by atoms with Crippen molar-refractivity contribution < 1.29 is 19.1 Å². The molecule has 0 radical (unpaired) electrons. The Balaban J connectivity index is 0.00000240. The molecule has 4 rings (SSSR count). The van der Waals surface area contributed by atoms with Crippen LogP contribution in [0.3, 0.4) is 0 Å². The van der Waals surface area contributed by atoms with Gasteiger partial charge in [0.2, 0.25) is 0 Å². The van der Waals surface area contributed by atoms with Crippen molar-refractivity contribution in [2.24, 2.45) is 0 Å². The summed E-state index contributed by atoms with van der Waals surface area (Å²) in [6.07, 6.45) is 0. The van der Waals surface area contributed by atoms with E-state index in [1.807, 2.05) is 55.4 Å². The molecule has 0 aromatic heterocycles. The lowest BCUT2D eigenvalue weighted by Gasteiger charge is -2.15. The Labute approximate surface area is 172 Å². The summed E-state index contributed by atoms with van der Waals surface area (Å²) in [5.41, 5.74) is 10.3. The summed E-state index contributed by atoms with van der Waals surface area (Å²) in [4.78, 5) is 25.9. The lowest BCUT2D eigenvalue weighted by molar-refractivity contribution is -0.129. The van der Waals surface area contributed by atoms with E-state index in [9.17, 15) is 9.59 Å². The number of carbonyl (C=O) groups excluding carboxylic acids is 2. The van der Waals surface area contributed by atoms with Crippen LogP contribution < -0.4 is 9.47 Å². The highest BCUT2D eigenvalue weighted by Gasteiger charge is 2.42. The van der Waals surface area contributed by atoms with Crippen molar-refractivity contribution in [1.82, 2.24) is 0 Å². The molecule has 2 heterocycles. The Morgan fingerprint density at radius 1 is 0.448 bits per heavy atom. The van der Waals surface area contributed by atoms with Gasteiger partial charge in [-0.25, -0.2) is 9.59 Å². The van der Waals surface area contributed by atoms with Crippen LogP contribution in [-0.2, 0) is 9.59 Å². The standard InChI is InChI=1S/C24H24O4.CH4/c1-9-11(3)15(7)21-17(13(9)5)19(23(25)27-21)20-18-14(6)10(2)12(4)16(8)22(18)28-24(20)26;/h1-8H3;1H4/b20-19+;. The molecule has 0 unspecified atom stereocenters. The number of fused-ring (bicyclic) bond motifs is 2. The summed E-state index contributed by atoms with van der Waals surface area (Å²) in [5, 5.41) is 0. The van der Waals surface area contributed by atoms with Gasteiger partial charge in [0.05, 0.1) is 11.1 Å². The van der Waals surface area contributed by atoms with E-state index in [1.165, 1.54) is 0 Å². The number of ether oxygens (including phenoxy) is 2. The van der Waals surface area contributed by atoms with Gasteiger partial charge in [-0.15, -0.1) is 0 Å². The molecule has 0 saturated heterocycles. The molecule has 0 amide bonds. The molecule has 0 atom stereocenters. The average Bonchev–Trinajstić information content (AvgIpc) is 3.18. The first kappa shape index (κ1) is 20.8. The third kappa shape index (κ3) is 2.51. The first-order valence-corrected chi connectivity index (χ1v) is 9.47. The number of hydrogen-bond acceptors (Lipinski definition) is 4. The first-order chi connectivity index (χ1) is 13.1. The Kier molecular flexibility index (Phi) is 4.73. The van der Waals surface area contributed by atoms with Crippen molar-refractivity contribution in [3.8, 4) is 11.5 Å². The lowest BCUT2D eigenvalue weighted by atomic mass is 9.85. The Bertz CT molecular complexity index is 1070. The van der Waals surface area contributed by atoms with Gasteiger partial charge in [0, 0.05) is 11.1 Å². The van der Waals surface area contributed by atoms with Gasteiger partial charge in [-0.3, -0.25) is 0 Å². The Hall–Kier alpha value is -2.88. The van der Waals surface area contributed by atoms with Crippen LogP contribution in [0, 0.1) is 55.4 Å². The highest BCUT2D eigenvalue weighted by Crippen LogP contribution is 2.50. The van der Waals surface area contributed by atoms with Gasteiger partial charge in [-0.1, -0.05) is 7.43 Å². The van der Waals surface area contributed by atoms with Crippen LogP contribution in [0.2, 0.25) is 0 Å². The molecular weight excluding hydrogens is 364 g/mol. The molecule has 2 aromatic carbocycles. The number of hydrogen-bond donors (Lipinski definition) is 0. The van der Waals surface area contributed by atoms with Crippen LogP contribution in [0.1, 0.15) is 63.1 Å². The van der Waals surface area contributed by atoms with Crippen LogP contribution in [0.15, 0.2) is 0 Å². The molecule has 0 fully saturated rings. The number of benzene rings is 2. The third-order valence-corrected chi connectivity index (χ3v) is 6.81. The molecule has 4 nitrogen and oxygen atoms in total. The van der Waals surface area contributed by atoms with E-state index in [-0.39, 0.29) is 7.43 Å². The number of rotatable bonds is 0. The lowest BCUT2D eigenvalue weighted by Crippen LogP contribution is -2.09. The number of esters is 2. The van der Waals surface area contributed by atoms with Crippen molar-refractivity contribution >= 4 is 23.1 Å². The fourth-order valence-electron chi connectivity index (χ4n) is 4.36. The molecule has 0 aliphatic carbocycles. The SMILES string of the molecule is C.Cc1c(C)c(C)c2c(c1C)OC(=O)/C2=C1/C(=O)Oc2c(C)c(C)c(C)c(C)c21. The highest BCUT2D eigenvalue weighted by atomic mass is 16.5. The van der Waals surface area contributed by atoms with Gasteiger partial charge in [0.15, 0.2) is 0 Å². The summed E-state index contributed by atoms with van der Waals surface area (Å²) in [6.45, 7) is 16.0. The van der Waals surface area contributed by atoms with Gasteiger partial charge in [-0.2, -0.15) is 0 Å². The second-order valence-corrected chi connectivity index (χ2v) is 7.94. The summed E-state index contributed by atoms with van der Waals surface area (Å²) < 4.78 is 11.3. The molecule has 0 saturated carbocycles. The van der Waals surface area contributed by atoms with Crippen LogP contribution in [-0.4, -0.2) is 11.9 Å². The van der Waals surface area contributed by atoms with E-state index in [0.29, 0.717) is 22.6 Å². The van der Waals surface area contributed by atoms with Gasteiger partial charge in [0.1, 0.15) is 11.5 Å². The molecular formula is C25H28O4. The first-order valence-electron chi connectivity index (χ1n) is 9.47. The zero-order valence-corrected chi connectivity index (χ0v) is 17.6. The van der Waals surface area contributed by atoms with E-state index in [1.54, 1.807) is 0 Å². The summed E-state index contributed by atoms with van der Waals surface area (Å²) >= 11 is 0. The molecule has 2 aliphatic heterocycles. The van der Waals surface area contributed by atoms with Gasteiger partial charge >= 0.3 is 11.9 Å². The summed E-state index contributed by atoms with van der Waals surface area (Å²) in [7, 11) is 0. The Morgan fingerprint density at radius 3 is 1.03 bits per heavy atom. The zero-order chi connectivity index (χ0) is 20.7. The minimum atomic E-state index is -0.485. The van der Waals surface area contributed by atoms with E-state index in [4.69, 9.17) is 9.47 Å². The normalized spacial score (nSPS) is 17.0. The smallest absolute Gasteiger partial charge is 0.345 e. The summed E-state index contributed by atoms with van der Waals surface area (Å²) in [5.74, 6) is 0.155. The maximum atomic E-state index is 13.0. The molecule has 2 aliphatic rings. The fourth-order valence-corrected chi connectivity index (χ4v) is 4.36. The van der Waals surface area contributed by atoms with Crippen LogP contribution in [0.5, 0.6) is 11.5 Å². The van der Waals surface area contributed by atoms with E-state index in [0.717, 1.165) is 55.6 Å². The van der Waals surface area contributed by atoms with Crippen molar-refractivity contribution in [1.29, 1.82) is 0 Å². The molecule has 29 heavy (non-hydrogen) atoms. The topological polar surface area (TPSA) is 52.6 Å². The van der Waals surface area contributed by atoms with Crippen molar-refractivity contribution in [3.63, 3.8) is 0 Å². The van der Waals surface area contributed by atoms with Crippen LogP contribution >= 0.6 is 0 Å². The van der Waals surface area contributed by atoms with Gasteiger partial charge in [0.25, 0.3) is 0 Å². The maximum Gasteiger partial charge on any atom is 0.345 e. The molecule has 152 valence electrons. The van der Waals surface area contributed by atoms with Gasteiger partial charge < -0.3 is 9.47 Å². The van der Waals surface area contributed by atoms with Crippen LogP contribution in [0.25, 0.3) is 11.1 Å². The van der Waals surface area contributed by atoms with E-state index in [2.05, 4.69) is 0 Å². The van der Waals surface area contributed by atoms with E-state index < -0.39 is 11.9 Å². The largest absolute Gasteiger partial charge is 0.422 e. The Morgan fingerprint density at radius 2 is 0.724 bits per heavy atom. The van der Waals surface area contributed by atoms with Crippen molar-refractivity contribution in [2.45, 2.75) is 62.8 Å². The van der Waals surface area contributed by atoms with Crippen molar-refractivity contribution in [3.05, 3.63) is 55.6 Å².